The van der Waals surface area contributed by atoms with Gasteiger partial charge in [-0.1, -0.05) is 64.6 Å². The van der Waals surface area contributed by atoms with Gasteiger partial charge in [0.2, 0.25) is 0 Å². The molecule has 1 heterocycles. The van der Waals surface area contributed by atoms with E-state index in [2.05, 4.69) is 16.9 Å². The molecule has 3 aromatic rings. The van der Waals surface area contributed by atoms with Crippen molar-refractivity contribution in [3.05, 3.63) is 103 Å². The number of halogens is 4. The average Bonchev–Trinajstić information content (AvgIpc) is 3.22. The van der Waals surface area contributed by atoms with E-state index in [1.54, 1.807) is 42.5 Å². The number of amidine groups is 1. The van der Waals surface area contributed by atoms with Crippen molar-refractivity contribution in [1.82, 2.24) is 5.32 Å². The van der Waals surface area contributed by atoms with Crippen LogP contribution in [-0.4, -0.2) is 17.7 Å². The van der Waals surface area contributed by atoms with Crippen LogP contribution in [0, 0.1) is 0 Å². The van der Waals surface area contributed by atoms with Crippen LogP contribution in [0.1, 0.15) is 23.6 Å². The molecule has 4 rings (SSSR count). The Kier molecular flexibility index (Phi) is 9.69. The number of amides is 1. The summed E-state index contributed by atoms with van der Waals surface area (Å²) in [5, 5.41) is 4.82. The number of nitrogens with one attached hydrogen (secondary N) is 1. The first-order valence-corrected chi connectivity index (χ1v) is 13.8. The van der Waals surface area contributed by atoms with Crippen LogP contribution in [0.2, 0.25) is 20.1 Å². The third kappa shape index (κ3) is 6.87. The molecule has 0 aliphatic carbocycles. The summed E-state index contributed by atoms with van der Waals surface area (Å²) in [4.78, 5) is 17.6. The van der Waals surface area contributed by atoms with Crippen molar-refractivity contribution in [1.29, 1.82) is 0 Å². The van der Waals surface area contributed by atoms with E-state index in [0.717, 1.165) is 16.7 Å². The number of thioether (sulfide) groups is 1. The highest BCUT2D eigenvalue weighted by molar-refractivity contribution is 8.18. The predicted molar refractivity (Wildman–Crippen MR) is 160 cm³/mol. The standard InChI is InChI=1S/C28H22Cl4N2O3S/c1-3-6-18-11-17(13-23(36-4-2)26(18)37-15-16-9-10-19(29)21(31)12-16)14-24-27(35)34-28(38-24)33-22-8-5-7-20(30)25(22)32/h3,5,7-14H,1,4,6,15H2,2H3,(H,33,34,35)/b24-14+. The van der Waals surface area contributed by atoms with E-state index in [1.165, 1.54) is 11.8 Å². The van der Waals surface area contributed by atoms with Crippen LogP contribution < -0.4 is 14.8 Å². The third-order valence-electron chi connectivity index (χ3n) is 5.29. The van der Waals surface area contributed by atoms with Gasteiger partial charge in [-0.25, -0.2) is 4.99 Å². The SMILES string of the molecule is C=CCc1cc(/C=C2/SC(=Nc3cccc(Cl)c3Cl)NC2=O)cc(OCC)c1OCc1ccc(Cl)c(Cl)c1. The molecule has 0 bridgehead atoms. The molecule has 1 aliphatic rings. The molecule has 0 saturated carbocycles. The number of rotatable bonds is 9. The minimum Gasteiger partial charge on any atom is -0.490 e. The Morgan fingerprint density at radius 2 is 1.84 bits per heavy atom. The van der Waals surface area contributed by atoms with Crippen LogP contribution in [0.25, 0.3) is 6.08 Å². The molecule has 0 aromatic heterocycles. The Morgan fingerprint density at radius 3 is 2.58 bits per heavy atom. The van der Waals surface area contributed by atoms with Gasteiger partial charge in [-0.3, -0.25) is 4.79 Å². The topological polar surface area (TPSA) is 59.9 Å². The Bertz CT molecular complexity index is 1460. The molecule has 1 saturated heterocycles. The lowest BCUT2D eigenvalue weighted by Gasteiger charge is -2.17. The van der Waals surface area contributed by atoms with E-state index in [4.69, 9.17) is 55.9 Å². The first kappa shape index (κ1) is 28.4. The summed E-state index contributed by atoms with van der Waals surface area (Å²) < 4.78 is 12.1. The summed E-state index contributed by atoms with van der Waals surface area (Å²) in [6, 6.07) is 14.3. The highest BCUT2D eigenvalue weighted by atomic mass is 35.5. The Morgan fingerprint density at radius 1 is 1.03 bits per heavy atom. The van der Waals surface area contributed by atoms with Crippen molar-refractivity contribution in [2.45, 2.75) is 20.0 Å². The summed E-state index contributed by atoms with van der Waals surface area (Å²) in [6.07, 6.45) is 4.09. The molecular weight excluding hydrogens is 586 g/mol. The smallest absolute Gasteiger partial charge is 0.264 e. The number of nitrogens with zero attached hydrogens (tertiary/aromatic N) is 1. The van der Waals surface area contributed by atoms with Gasteiger partial charge in [-0.15, -0.1) is 6.58 Å². The monoisotopic (exact) mass is 606 g/mol. The van der Waals surface area contributed by atoms with Gasteiger partial charge in [0.25, 0.3) is 5.91 Å². The molecule has 5 nitrogen and oxygen atoms in total. The molecule has 38 heavy (non-hydrogen) atoms. The summed E-state index contributed by atoms with van der Waals surface area (Å²) in [5.41, 5.74) is 2.97. The number of benzene rings is 3. The minimum atomic E-state index is -0.268. The van der Waals surface area contributed by atoms with E-state index in [0.29, 0.717) is 60.4 Å². The van der Waals surface area contributed by atoms with Gasteiger partial charge < -0.3 is 14.8 Å². The van der Waals surface area contributed by atoms with Crippen LogP contribution >= 0.6 is 58.2 Å². The first-order valence-electron chi connectivity index (χ1n) is 11.5. The fraction of sp³-hybridized carbons (Fsp3) is 0.143. The molecule has 0 unspecified atom stereocenters. The third-order valence-corrected chi connectivity index (χ3v) is 7.75. The van der Waals surface area contributed by atoms with Crippen molar-refractivity contribution < 1.29 is 14.3 Å². The zero-order chi connectivity index (χ0) is 27.2. The number of ether oxygens (including phenoxy) is 2. The molecule has 10 heteroatoms. The lowest BCUT2D eigenvalue weighted by molar-refractivity contribution is -0.115. The van der Waals surface area contributed by atoms with E-state index in [-0.39, 0.29) is 12.5 Å². The fourth-order valence-electron chi connectivity index (χ4n) is 3.61. The van der Waals surface area contributed by atoms with Gasteiger partial charge in [0, 0.05) is 5.56 Å². The largest absolute Gasteiger partial charge is 0.490 e. The molecular formula is C28H22Cl4N2O3S. The number of hydrogen-bond donors (Lipinski definition) is 1. The number of allylic oxidation sites excluding steroid dienone is 1. The minimum absolute atomic E-state index is 0.268. The molecule has 196 valence electrons. The Balaban J connectivity index is 1.63. The molecule has 1 aliphatic heterocycles. The molecule has 1 N–H and O–H groups in total. The lowest BCUT2D eigenvalue weighted by atomic mass is 10.0. The van der Waals surface area contributed by atoms with E-state index < -0.39 is 0 Å². The van der Waals surface area contributed by atoms with Crippen molar-refractivity contribution >= 4 is 81.0 Å². The zero-order valence-corrected chi connectivity index (χ0v) is 24.0. The molecule has 0 spiro atoms. The Labute approximate surface area is 245 Å². The zero-order valence-electron chi connectivity index (χ0n) is 20.2. The second-order valence-electron chi connectivity index (χ2n) is 8.02. The highest BCUT2D eigenvalue weighted by Gasteiger charge is 2.25. The molecule has 1 amide bonds. The van der Waals surface area contributed by atoms with Crippen LogP contribution in [0.5, 0.6) is 11.5 Å². The Hall–Kier alpha value is -2.61. The van der Waals surface area contributed by atoms with E-state index >= 15 is 0 Å². The maximum absolute atomic E-state index is 12.7. The molecule has 0 radical (unpaired) electrons. The predicted octanol–water partition coefficient (Wildman–Crippen LogP) is 8.90. The quantitative estimate of drug-likeness (QED) is 0.195. The van der Waals surface area contributed by atoms with Gasteiger partial charge >= 0.3 is 0 Å². The molecule has 0 atom stereocenters. The first-order chi connectivity index (χ1) is 18.3. The second-order valence-corrected chi connectivity index (χ2v) is 10.7. The van der Waals surface area contributed by atoms with Crippen molar-refractivity contribution in [3.63, 3.8) is 0 Å². The summed E-state index contributed by atoms with van der Waals surface area (Å²) in [6.45, 7) is 6.47. The summed E-state index contributed by atoms with van der Waals surface area (Å²) in [5.74, 6) is 0.887. The highest BCUT2D eigenvalue weighted by Crippen LogP contribution is 2.38. The van der Waals surface area contributed by atoms with Gasteiger partial charge in [0.1, 0.15) is 6.61 Å². The lowest BCUT2D eigenvalue weighted by Crippen LogP contribution is -2.19. The summed E-state index contributed by atoms with van der Waals surface area (Å²) >= 11 is 25.7. The van der Waals surface area contributed by atoms with Crippen molar-refractivity contribution in [3.8, 4) is 11.5 Å². The second kappa shape index (κ2) is 13.0. The van der Waals surface area contributed by atoms with E-state index in [9.17, 15) is 4.79 Å². The van der Waals surface area contributed by atoms with Crippen LogP contribution in [-0.2, 0) is 17.8 Å². The normalized spacial score (nSPS) is 15.1. The van der Waals surface area contributed by atoms with Gasteiger partial charge in [-0.05, 0) is 78.7 Å². The average molecular weight is 608 g/mol. The van der Waals surface area contributed by atoms with Gasteiger partial charge in [0.15, 0.2) is 16.7 Å². The summed E-state index contributed by atoms with van der Waals surface area (Å²) in [7, 11) is 0. The van der Waals surface area contributed by atoms with Crippen LogP contribution in [0.15, 0.2) is 71.1 Å². The number of hydrogen-bond acceptors (Lipinski definition) is 5. The van der Waals surface area contributed by atoms with Crippen LogP contribution in [0.4, 0.5) is 5.69 Å². The number of carbonyl (C=O) groups excluding carboxylic acids is 1. The molecule has 3 aromatic carbocycles. The maximum atomic E-state index is 12.7. The van der Waals surface area contributed by atoms with E-state index in [1.807, 2.05) is 25.1 Å². The molecule has 1 fully saturated rings. The van der Waals surface area contributed by atoms with Gasteiger partial charge in [0.05, 0.1) is 37.3 Å². The van der Waals surface area contributed by atoms with Gasteiger partial charge in [-0.2, -0.15) is 0 Å². The van der Waals surface area contributed by atoms with Crippen LogP contribution in [0.3, 0.4) is 0 Å². The fourth-order valence-corrected chi connectivity index (χ4v) is 5.10. The maximum Gasteiger partial charge on any atom is 0.264 e. The van der Waals surface area contributed by atoms with Crippen molar-refractivity contribution in [2.75, 3.05) is 6.61 Å². The van der Waals surface area contributed by atoms with Crippen molar-refractivity contribution in [2.24, 2.45) is 4.99 Å². The number of carbonyl (C=O) groups is 1. The number of aliphatic imine (C=N–C) groups is 1.